The second-order valence-electron chi connectivity index (χ2n) is 25.7. The average molecular weight is 1460 g/mol. The van der Waals surface area contributed by atoms with Crippen LogP contribution in [0.15, 0.2) is 152 Å². The number of ether oxygens (including phenoxy) is 5. The van der Waals surface area contributed by atoms with Gasteiger partial charge < -0.3 is 49.8 Å². The minimum atomic E-state index is -1.33. The zero-order chi connectivity index (χ0) is 73.8. The van der Waals surface area contributed by atoms with Crippen LogP contribution in [0.25, 0.3) is 32.7 Å². The lowest BCUT2D eigenvalue weighted by Crippen LogP contribution is -2.24. The van der Waals surface area contributed by atoms with Gasteiger partial charge in [0.1, 0.15) is 66.1 Å². The number of aliphatic hydroxyl groups is 2. The van der Waals surface area contributed by atoms with Gasteiger partial charge in [0.05, 0.1) is 58.9 Å². The van der Waals surface area contributed by atoms with E-state index in [4.69, 9.17) is 29.4 Å². The van der Waals surface area contributed by atoms with Crippen LogP contribution in [0.3, 0.4) is 0 Å². The van der Waals surface area contributed by atoms with E-state index in [1.54, 1.807) is 42.5 Å². The lowest BCUT2D eigenvalue weighted by molar-refractivity contribution is -0.137. The Morgan fingerprint density at radius 3 is 1.42 bits per heavy atom. The van der Waals surface area contributed by atoms with Crippen molar-refractivity contribution in [1.29, 1.82) is 0 Å². The molecule has 0 fully saturated rings. The molecule has 9 aromatic rings. The highest BCUT2D eigenvalue weighted by Crippen LogP contribution is 2.42. The maximum Gasteiger partial charge on any atom is 0.338 e. The van der Waals surface area contributed by atoms with Crippen molar-refractivity contribution in [2.75, 3.05) is 57.3 Å². The highest BCUT2D eigenvalue weighted by molar-refractivity contribution is 9.09. The summed E-state index contributed by atoms with van der Waals surface area (Å²) in [6.07, 6.45) is 3.17. The van der Waals surface area contributed by atoms with E-state index in [0.29, 0.717) is 81.8 Å². The predicted molar refractivity (Wildman–Crippen MR) is 387 cm³/mol. The van der Waals surface area contributed by atoms with Gasteiger partial charge in [-0.05, 0) is 134 Å². The Bertz CT molecular complexity index is 4760. The highest BCUT2D eigenvalue weighted by atomic mass is 79.9. The number of halogens is 1. The van der Waals surface area contributed by atoms with Gasteiger partial charge in [0.2, 0.25) is 0 Å². The molecule has 22 nitrogen and oxygen atoms in total. The smallest absolute Gasteiger partial charge is 0.338 e. The SMILES string of the molecule is C=CC(=O)OCCCCOCC(O)COC(=O)c1ccc2c(c1)C(=O)C(c1nc3ccc(C(C)C)cc3cc1O)C2=O.CC(C)c1ccc2nc(C3C(=O)c4ccc(C(=O)OCC(O)COCCCCCBr)cc4C3=O)c(O)cc2c1.Nc1cccc2ccc(C3C(=O)c4ccccc4C3=O)nc12. The number of Topliss-reactive ketones (excluding diaryl/α,β-unsaturated/α-hetero) is 6. The van der Waals surface area contributed by atoms with Gasteiger partial charge in [0.15, 0.2) is 34.7 Å². The van der Waals surface area contributed by atoms with Crippen LogP contribution in [-0.2, 0) is 28.5 Å². The summed E-state index contributed by atoms with van der Waals surface area (Å²) >= 11 is 3.37. The fraction of sp³-hybridized carbons (Fsp3) is 0.300. The number of rotatable bonds is 26. The Balaban J connectivity index is 0.000000173. The number of ketones is 6. The van der Waals surface area contributed by atoms with Gasteiger partial charge in [-0.2, -0.15) is 0 Å². The maximum absolute atomic E-state index is 13.3. The largest absolute Gasteiger partial charge is 0.506 e. The van der Waals surface area contributed by atoms with Gasteiger partial charge in [-0.25, -0.2) is 29.3 Å². The number of alkyl halides is 1. The molecule has 0 radical (unpaired) electrons. The lowest BCUT2D eigenvalue weighted by Gasteiger charge is -2.12. The first-order chi connectivity index (χ1) is 49.5. The molecule has 0 bridgehead atoms. The number of nitrogens with zero attached hydrogens (tertiary/aromatic N) is 3. The molecular formula is C80H77BrN4O18. The van der Waals surface area contributed by atoms with E-state index in [9.17, 15) is 63.6 Å². The zero-order valence-corrected chi connectivity index (χ0v) is 58.7. The summed E-state index contributed by atoms with van der Waals surface area (Å²) in [7, 11) is 0. The molecule has 6 N–H and O–H groups in total. The number of aliphatic hydroxyl groups excluding tert-OH is 2. The summed E-state index contributed by atoms with van der Waals surface area (Å²) in [5.41, 5.74) is 12.2. The molecule has 3 aliphatic carbocycles. The summed E-state index contributed by atoms with van der Waals surface area (Å²) in [4.78, 5) is 128. The molecule has 6 aromatic carbocycles. The number of anilines is 1. The second kappa shape index (κ2) is 33.9. The summed E-state index contributed by atoms with van der Waals surface area (Å²) in [5, 5.41) is 44.8. The van der Waals surface area contributed by atoms with Crippen molar-refractivity contribution < 1.29 is 87.3 Å². The number of aromatic nitrogens is 3. The number of nitrogens with two attached hydrogens (primary N) is 1. The van der Waals surface area contributed by atoms with Crippen molar-refractivity contribution in [1.82, 2.24) is 15.0 Å². The molecule has 0 aliphatic heterocycles. The fourth-order valence-corrected chi connectivity index (χ4v) is 12.5. The first-order valence-corrected chi connectivity index (χ1v) is 34.9. The van der Waals surface area contributed by atoms with E-state index in [0.717, 1.165) is 47.2 Å². The van der Waals surface area contributed by atoms with Crippen LogP contribution in [-0.4, -0.2) is 152 Å². The van der Waals surface area contributed by atoms with Crippen LogP contribution in [0.5, 0.6) is 11.5 Å². The highest BCUT2D eigenvalue weighted by Gasteiger charge is 2.45. The third-order valence-corrected chi connectivity index (χ3v) is 18.3. The quantitative estimate of drug-likeness (QED) is 0.00639. The number of hydrogen-bond acceptors (Lipinski definition) is 22. The summed E-state index contributed by atoms with van der Waals surface area (Å²) in [5.74, 6) is -7.90. The first-order valence-electron chi connectivity index (χ1n) is 33.7. The molecule has 532 valence electrons. The lowest BCUT2D eigenvalue weighted by atomic mass is 9.96. The number of nitrogen functional groups attached to an aromatic ring is 1. The van der Waals surface area contributed by atoms with Crippen LogP contribution < -0.4 is 5.73 Å². The number of carbonyl (C=O) groups is 9. The third-order valence-electron chi connectivity index (χ3n) is 17.7. The van der Waals surface area contributed by atoms with E-state index in [2.05, 4.69) is 65.2 Å². The molecule has 3 heterocycles. The Morgan fingerprint density at radius 1 is 0.485 bits per heavy atom. The molecule has 3 aliphatic rings. The molecule has 4 unspecified atom stereocenters. The van der Waals surface area contributed by atoms with Gasteiger partial charge in [0.25, 0.3) is 0 Å². The van der Waals surface area contributed by atoms with E-state index in [1.165, 1.54) is 48.5 Å². The topological polar surface area (TPSA) is 345 Å². The summed E-state index contributed by atoms with van der Waals surface area (Å²) in [6, 6.07) is 38.5. The Kier molecular flexibility index (Phi) is 24.8. The van der Waals surface area contributed by atoms with E-state index < -0.39 is 71.0 Å². The average Bonchev–Trinajstić information content (AvgIpc) is 1.64. The number of hydrogen-bond donors (Lipinski definition) is 5. The molecule has 0 saturated carbocycles. The van der Waals surface area contributed by atoms with Crippen molar-refractivity contribution in [3.05, 3.63) is 225 Å². The Hall–Kier alpha value is -10.6. The zero-order valence-electron chi connectivity index (χ0n) is 57.1. The molecule has 4 atom stereocenters. The third kappa shape index (κ3) is 17.3. The van der Waals surface area contributed by atoms with Crippen LogP contribution >= 0.6 is 15.9 Å². The molecule has 0 amide bonds. The molecule has 3 aromatic heterocycles. The number of unbranched alkanes of at least 4 members (excludes halogenated alkanes) is 3. The van der Waals surface area contributed by atoms with Crippen molar-refractivity contribution >= 4 is 107 Å². The van der Waals surface area contributed by atoms with Crippen molar-refractivity contribution in [3.8, 4) is 11.5 Å². The molecular weight excluding hydrogens is 1380 g/mol. The first kappa shape index (κ1) is 75.1. The van der Waals surface area contributed by atoms with Gasteiger partial charge >= 0.3 is 17.9 Å². The van der Waals surface area contributed by atoms with Gasteiger partial charge in [0, 0.05) is 74.2 Å². The van der Waals surface area contributed by atoms with Gasteiger partial charge in [-0.15, -0.1) is 0 Å². The van der Waals surface area contributed by atoms with Crippen LogP contribution in [0.4, 0.5) is 5.69 Å². The number of carbonyl (C=O) groups excluding carboxylic acids is 9. The van der Waals surface area contributed by atoms with E-state index in [-0.39, 0.29) is 107 Å². The van der Waals surface area contributed by atoms with E-state index in [1.807, 2.05) is 48.5 Å². The molecule has 12 rings (SSSR count). The van der Waals surface area contributed by atoms with E-state index >= 15 is 0 Å². The monoisotopic (exact) mass is 1460 g/mol. The number of benzene rings is 6. The van der Waals surface area contributed by atoms with Crippen molar-refractivity contribution in [3.63, 3.8) is 0 Å². The normalized spacial score (nSPS) is 15.2. The Morgan fingerprint density at radius 2 is 0.942 bits per heavy atom. The molecule has 23 heteroatoms. The second-order valence-corrected chi connectivity index (χ2v) is 26.5. The number of aromatic hydroxyl groups is 2. The van der Waals surface area contributed by atoms with Crippen molar-refractivity contribution in [2.24, 2.45) is 0 Å². The number of esters is 3. The summed E-state index contributed by atoms with van der Waals surface area (Å²) < 4.78 is 26.0. The molecule has 103 heavy (non-hydrogen) atoms. The maximum atomic E-state index is 13.3. The Labute approximate surface area is 601 Å². The number of fused-ring (bicyclic) bond motifs is 6. The van der Waals surface area contributed by atoms with Crippen LogP contribution in [0.2, 0.25) is 0 Å². The van der Waals surface area contributed by atoms with Crippen LogP contribution in [0, 0.1) is 0 Å². The van der Waals surface area contributed by atoms with Crippen molar-refractivity contribution in [2.45, 2.75) is 102 Å². The molecule has 0 saturated heterocycles. The number of pyridine rings is 3. The predicted octanol–water partition coefficient (Wildman–Crippen LogP) is 12.6. The van der Waals surface area contributed by atoms with Crippen LogP contribution in [0.1, 0.15) is 200 Å². The molecule has 0 spiro atoms. The van der Waals surface area contributed by atoms with Gasteiger partial charge in [-0.1, -0.05) is 111 Å². The minimum absolute atomic E-state index is 0.00885. The standard InChI is InChI=1S/C32H33NO9.C30H32BrNO7.C18H12N2O2/c1-4-27(36)41-12-6-5-11-40-16-22(34)17-42-32(39)20-7-9-23-24(14-20)31(38)28(30(23)37)29-26(35)15-21-13-19(18(2)3)8-10-25(21)33-29;1-17(2)18-7-9-24-20(12-18)14-25(34)27(32-24)26-28(35)22-8-6-19(13-23(22)29(26)36)30(37)39-16-21(33)15-38-11-5-3-4-10-31;19-13-7-3-4-10-8-9-14(20-16(10)13)15-17(21)11-5-1-2-6-12(11)18(15)22/h4,7-10,13-15,18,22,28,34-35H,1,5-6,11-12,16-17H2,2-3H3;6-9,12-14,17,21,26,33-34H,3-5,10-11,15-16H2,1-2H3;1-9,15H,19H2. The fourth-order valence-electron chi connectivity index (χ4n) is 12.1. The minimum Gasteiger partial charge on any atom is -0.506 e. The number of para-hydroxylation sites is 1. The summed E-state index contributed by atoms with van der Waals surface area (Å²) in [6.45, 7) is 12.0. The van der Waals surface area contributed by atoms with Gasteiger partial charge in [-0.3, -0.25) is 28.8 Å².